The molecule has 4 rings (SSSR count). The molecule has 0 unspecified atom stereocenters. The third-order valence-corrected chi connectivity index (χ3v) is 6.88. The molecule has 0 atom stereocenters. The third kappa shape index (κ3) is 15.1. The Hall–Kier alpha value is -6.52. The highest BCUT2D eigenvalue weighted by Crippen LogP contribution is 2.34. The second-order valence-electron chi connectivity index (χ2n) is 10.6. The van der Waals surface area contributed by atoms with E-state index >= 15 is 0 Å². The molecule has 4 aromatic rings. The number of nitrogens with one attached hydrogen (secondary N) is 2. The fourth-order valence-electron chi connectivity index (χ4n) is 4.46. The Morgan fingerprint density at radius 2 is 1.00 bits per heavy atom. The van der Waals surface area contributed by atoms with Crippen LogP contribution in [0, 0.1) is 0 Å². The van der Waals surface area contributed by atoms with E-state index in [0.29, 0.717) is 11.5 Å². The summed E-state index contributed by atoms with van der Waals surface area (Å²) in [6.45, 7) is 5.71. The van der Waals surface area contributed by atoms with Crippen LogP contribution in [0.25, 0.3) is 0 Å². The largest absolute Gasteiger partial charge is 0.497 e. The second-order valence-corrected chi connectivity index (χ2v) is 10.6. The van der Waals surface area contributed by atoms with Gasteiger partial charge >= 0.3 is 24.1 Å². The van der Waals surface area contributed by atoms with Crippen molar-refractivity contribution in [3.63, 3.8) is 0 Å². The Bertz CT molecular complexity index is 1820. The highest BCUT2D eigenvalue weighted by molar-refractivity contribution is 6.03. The van der Waals surface area contributed by atoms with Crippen LogP contribution in [0.4, 0.5) is 21.0 Å². The Morgan fingerprint density at radius 3 is 1.38 bits per heavy atom. The number of carbonyl (C=O) groups is 4. The first-order valence-corrected chi connectivity index (χ1v) is 17.2. The summed E-state index contributed by atoms with van der Waals surface area (Å²) in [6, 6.07) is 24.1. The number of ether oxygens (including phenoxy) is 9. The Labute approximate surface area is 325 Å². The third-order valence-electron chi connectivity index (χ3n) is 6.88. The monoisotopic (exact) mass is 780 g/mol. The summed E-state index contributed by atoms with van der Waals surface area (Å²) in [5.41, 5.74) is 1.56. The normalized spacial score (nSPS) is 9.84. The summed E-state index contributed by atoms with van der Waals surface area (Å²) >= 11 is 0. The van der Waals surface area contributed by atoms with Crippen molar-refractivity contribution < 1.29 is 66.9 Å². The van der Waals surface area contributed by atoms with Crippen LogP contribution in [0.15, 0.2) is 84.9 Å². The van der Waals surface area contributed by atoms with Gasteiger partial charge < -0.3 is 47.7 Å². The van der Waals surface area contributed by atoms with E-state index < -0.39 is 24.1 Å². The van der Waals surface area contributed by atoms with Crippen LogP contribution in [0.3, 0.4) is 0 Å². The summed E-state index contributed by atoms with van der Waals surface area (Å²) < 4.78 is 46.1. The molecule has 16 nitrogen and oxygen atoms in total. The number of methoxy groups -OCH3 is 4. The van der Waals surface area contributed by atoms with Gasteiger partial charge in [-0.2, -0.15) is 0 Å². The maximum atomic E-state index is 12.4. The van der Waals surface area contributed by atoms with Crippen molar-refractivity contribution in [2.45, 2.75) is 34.0 Å². The lowest BCUT2D eigenvalue weighted by atomic mass is 10.1. The zero-order valence-electron chi connectivity index (χ0n) is 32.4. The number of anilines is 2. The van der Waals surface area contributed by atoms with Crippen molar-refractivity contribution in [2.75, 3.05) is 59.3 Å². The van der Waals surface area contributed by atoms with Gasteiger partial charge in [0.2, 0.25) is 0 Å². The van der Waals surface area contributed by atoms with Gasteiger partial charge in [-0.1, -0.05) is 74.5 Å². The van der Waals surface area contributed by atoms with Gasteiger partial charge in [-0.25, -0.2) is 19.2 Å². The molecule has 16 heteroatoms. The van der Waals surface area contributed by atoms with Crippen molar-refractivity contribution >= 4 is 35.5 Å². The molecule has 0 bridgehead atoms. The average molecular weight is 781 g/mol. The smallest absolute Gasteiger partial charge is 0.411 e. The minimum atomic E-state index is -1.28. The van der Waals surface area contributed by atoms with Gasteiger partial charge in [-0.05, 0) is 18.1 Å². The first-order chi connectivity index (χ1) is 27.1. The molecule has 0 saturated carbocycles. The number of esters is 1. The maximum Gasteiger partial charge on any atom is 0.411 e. The maximum absolute atomic E-state index is 12.4. The molecule has 0 aromatic heterocycles. The first-order valence-electron chi connectivity index (χ1n) is 17.2. The molecule has 0 saturated heterocycles. The van der Waals surface area contributed by atoms with Crippen molar-refractivity contribution in [1.82, 2.24) is 0 Å². The number of hydrogen-bond acceptors (Lipinski definition) is 13. The standard InChI is InChI=1S/C20H23NO7.C18H19NO7.C2H6/c1-4-26-19(22)18-16(10-15(25-3)11-17(18)28-13-24-2)21-20(23)27-12-14-8-6-5-7-9-14;1-23-11-26-15-9-13(24-2)8-14(16(15)17(20)21)19-18(22)25-10-12-6-4-3-5-7-12;1-2/h5-11H,4,12-13H2,1-3H3,(H,21,23);3-9H,10-11H2,1-2H3,(H,19,22)(H,20,21);1-2H3. The summed E-state index contributed by atoms with van der Waals surface area (Å²) in [5.74, 6) is -1.11. The Balaban J connectivity index is 0.000000371. The van der Waals surface area contributed by atoms with Gasteiger partial charge in [-0.3, -0.25) is 10.6 Å². The molecule has 0 heterocycles. The topological polar surface area (TPSA) is 196 Å². The first kappa shape index (κ1) is 45.6. The van der Waals surface area contributed by atoms with Crippen molar-refractivity contribution in [3.8, 4) is 23.0 Å². The molecule has 0 fully saturated rings. The summed E-state index contributed by atoms with van der Waals surface area (Å²) in [6.07, 6.45) is -1.54. The summed E-state index contributed by atoms with van der Waals surface area (Å²) in [4.78, 5) is 48.4. The molecular weight excluding hydrogens is 732 g/mol. The Kier molecular flexibility index (Phi) is 20.8. The lowest BCUT2D eigenvalue weighted by Gasteiger charge is -2.16. The zero-order chi connectivity index (χ0) is 41.3. The van der Waals surface area contributed by atoms with Crippen molar-refractivity contribution in [1.29, 1.82) is 0 Å². The van der Waals surface area contributed by atoms with Crippen molar-refractivity contribution in [2.24, 2.45) is 0 Å². The van der Waals surface area contributed by atoms with E-state index in [-0.39, 0.29) is 67.4 Å². The number of aromatic carboxylic acids is 1. The van der Waals surface area contributed by atoms with Gasteiger partial charge in [0, 0.05) is 38.5 Å². The number of carboxylic acid groups (broad SMARTS) is 1. The van der Waals surface area contributed by atoms with Crippen LogP contribution in [-0.4, -0.2) is 77.9 Å². The lowest BCUT2D eigenvalue weighted by Crippen LogP contribution is -2.18. The minimum Gasteiger partial charge on any atom is -0.497 e. The van der Waals surface area contributed by atoms with Crippen LogP contribution in [0.5, 0.6) is 23.0 Å². The van der Waals surface area contributed by atoms with Crippen LogP contribution in [0.2, 0.25) is 0 Å². The zero-order valence-corrected chi connectivity index (χ0v) is 32.4. The molecule has 0 radical (unpaired) electrons. The predicted molar refractivity (Wildman–Crippen MR) is 206 cm³/mol. The number of carbonyl (C=O) groups excluding carboxylic acids is 3. The highest BCUT2D eigenvalue weighted by atomic mass is 16.7. The van der Waals surface area contributed by atoms with Crippen LogP contribution in [-0.2, 0) is 36.9 Å². The quantitative estimate of drug-likeness (QED) is 0.0534. The molecule has 0 spiro atoms. The van der Waals surface area contributed by atoms with E-state index in [4.69, 9.17) is 42.6 Å². The molecule has 0 aliphatic heterocycles. The highest BCUT2D eigenvalue weighted by Gasteiger charge is 2.24. The Morgan fingerprint density at radius 1 is 0.589 bits per heavy atom. The van der Waals surface area contributed by atoms with Gasteiger partial charge in [0.1, 0.15) is 47.3 Å². The van der Waals surface area contributed by atoms with E-state index in [1.807, 2.05) is 62.4 Å². The number of amides is 2. The second kappa shape index (κ2) is 25.5. The van der Waals surface area contributed by atoms with Gasteiger partial charge in [0.15, 0.2) is 13.6 Å². The number of hydrogen-bond donors (Lipinski definition) is 3. The van der Waals surface area contributed by atoms with Crippen molar-refractivity contribution in [3.05, 3.63) is 107 Å². The molecule has 0 aliphatic carbocycles. The predicted octanol–water partition coefficient (Wildman–Crippen LogP) is 7.75. The SMILES string of the molecule is CC.CCOC(=O)c1c(NC(=O)OCc2ccccc2)cc(OC)cc1OCOC.COCOc1cc(OC)cc(NC(=O)OCc2ccccc2)c1C(=O)O. The van der Waals surface area contributed by atoms with Gasteiger partial charge in [0.05, 0.1) is 32.2 Å². The van der Waals surface area contributed by atoms with Gasteiger partial charge in [-0.15, -0.1) is 0 Å². The molecule has 3 N–H and O–H groups in total. The van der Waals surface area contributed by atoms with E-state index in [1.165, 1.54) is 52.7 Å². The van der Waals surface area contributed by atoms with E-state index in [1.54, 1.807) is 19.1 Å². The number of carboxylic acids is 1. The fraction of sp³-hybridized carbons (Fsp3) is 0.300. The van der Waals surface area contributed by atoms with E-state index in [0.717, 1.165) is 11.1 Å². The summed E-state index contributed by atoms with van der Waals surface area (Å²) in [7, 11) is 5.72. The van der Waals surface area contributed by atoms with Gasteiger partial charge in [0.25, 0.3) is 0 Å². The molecule has 0 aliphatic rings. The molecule has 4 aromatic carbocycles. The molecular formula is C40H48N2O14. The van der Waals surface area contributed by atoms with E-state index in [2.05, 4.69) is 10.6 Å². The average Bonchev–Trinajstić information content (AvgIpc) is 3.21. The molecule has 56 heavy (non-hydrogen) atoms. The molecule has 302 valence electrons. The molecule has 2 amide bonds. The van der Waals surface area contributed by atoms with E-state index in [9.17, 15) is 24.3 Å². The van der Waals surface area contributed by atoms with Crippen LogP contribution in [0.1, 0.15) is 52.6 Å². The number of rotatable bonds is 17. The lowest BCUT2D eigenvalue weighted by molar-refractivity contribution is 0.0437. The minimum absolute atomic E-state index is 0.00272. The summed E-state index contributed by atoms with van der Waals surface area (Å²) in [5, 5.41) is 14.4. The fourth-order valence-corrected chi connectivity index (χ4v) is 4.46. The van der Waals surface area contributed by atoms with Crippen LogP contribution >= 0.6 is 0 Å². The number of benzene rings is 4. The van der Waals surface area contributed by atoms with Crippen LogP contribution < -0.4 is 29.6 Å².